The maximum absolute atomic E-state index is 4.85. The second kappa shape index (κ2) is 10.3. The van der Waals surface area contributed by atoms with Crippen LogP contribution in [0.15, 0.2) is 128 Å². The SMILES string of the molecule is c1ccc(-c2ccc(-c3nc(-c4ccc(-c5ccccn5)nc4)nc(-c4cc5cc6ccccc6cn5n4)n3)cn2)nc1. The Balaban J connectivity index is 1.24. The van der Waals surface area contributed by atoms with Crippen LogP contribution < -0.4 is 0 Å². The van der Waals surface area contributed by atoms with Crippen LogP contribution in [-0.2, 0) is 0 Å². The number of aromatic nitrogens is 9. The van der Waals surface area contributed by atoms with E-state index >= 15 is 0 Å². The van der Waals surface area contributed by atoms with Crippen molar-refractivity contribution in [3.63, 3.8) is 0 Å². The predicted octanol–water partition coefficient (Wildman–Crippen LogP) is 6.59. The van der Waals surface area contributed by atoms with Gasteiger partial charge in [-0.15, -0.1) is 0 Å². The molecule has 0 atom stereocenters. The maximum Gasteiger partial charge on any atom is 0.184 e. The quantitative estimate of drug-likeness (QED) is 0.234. The van der Waals surface area contributed by atoms with Gasteiger partial charge in [0.25, 0.3) is 0 Å². The third kappa shape index (κ3) is 4.74. The monoisotopic (exact) mass is 555 g/mol. The van der Waals surface area contributed by atoms with Gasteiger partial charge >= 0.3 is 0 Å². The van der Waals surface area contributed by atoms with Crippen LogP contribution in [0.3, 0.4) is 0 Å². The van der Waals surface area contributed by atoms with Crippen LogP contribution in [0, 0.1) is 0 Å². The van der Waals surface area contributed by atoms with E-state index < -0.39 is 0 Å². The Morgan fingerprint density at radius 2 is 1.00 bits per heavy atom. The van der Waals surface area contributed by atoms with Crippen LogP contribution in [0.4, 0.5) is 0 Å². The van der Waals surface area contributed by atoms with Crippen molar-refractivity contribution >= 4 is 16.3 Å². The Labute approximate surface area is 245 Å². The van der Waals surface area contributed by atoms with Crippen molar-refractivity contribution in [2.75, 3.05) is 0 Å². The summed E-state index contributed by atoms with van der Waals surface area (Å²) < 4.78 is 1.85. The van der Waals surface area contributed by atoms with E-state index in [1.807, 2.05) is 89.6 Å². The highest BCUT2D eigenvalue weighted by molar-refractivity contribution is 5.86. The van der Waals surface area contributed by atoms with Crippen LogP contribution in [0.25, 0.3) is 73.4 Å². The molecule has 0 saturated carbocycles. The first-order valence-corrected chi connectivity index (χ1v) is 13.7. The Hall–Kier alpha value is -6.22. The van der Waals surface area contributed by atoms with Crippen molar-refractivity contribution in [2.45, 2.75) is 0 Å². The number of benzene rings is 1. The first kappa shape index (κ1) is 24.6. The molecule has 202 valence electrons. The molecule has 7 heterocycles. The van der Waals surface area contributed by atoms with Crippen molar-refractivity contribution in [1.29, 1.82) is 0 Å². The lowest BCUT2D eigenvalue weighted by atomic mass is 10.1. The van der Waals surface area contributed by atoms with Crippen LogP contribution in [-0.4, -0.2) is 44.5 Å². The first-order chi connectivity index (χ1) is 21.3. The fourth-order valence-corrected chi connectivity index (χ4v) is 4.91. The highest BCUT2D eigenvalue weighted by Crippen LogP contribution is 2.27. The van der Waals surface area contributed by atoms with E-state index in [9.17, 15) is 0 Å². The van der Waals surface area contributed by atoms with Crippen molar-refractivity contribution < 1.29 is 0 Å². The summed E-state index contributed by atoms with van der Waals surface area (Å²) in [5, 5.41) is 7.06. The summed E-state index contributed by atoms with van der Waals surface area (Å²) >= 11 is 0. The number of rotatable bonds is 5. The Bertz CT molecular complexity index is 2060. The summed E-state index contributed by atoms with van der Waals surface area (Å²) in [5.74, 6) is 1.42. The van der Waals surface area contributed by atoms with Gasteiger partial charge in [-0.25, -0.2) is 19.5 Å². The fraction of sp³-hybridized carbons (Fsp3) is 0. The average molecular weight is 556 g/mol. The molecule has 43 heavy (non-hydrogen) atoms. The topological polar surface area (TPSA) is 108 Å². The van der Waals surface area contributed by atoms with E-state index in [2.05, 4.69) is 38.1 Å². The predicted molar refractivity (Wildman–Crippen MR) is 164 cm³/mol. The summed E-state index contributed by atoms with van der Waals surface area (Å²) in [6.45, 7) is 0. The summed E-state index contributed by atoms with van der Waals surface area (Å²) in [6, 6.07) is 31.5. The van der Waals surface area contributed by atoms with Crippen molar-refractivity contribution in [2.24, 2.45) is 0 Å². The molecule has 0 fully saturated rings. The van der Waals surface area contributed by atoms with Crippen LogP contribution in [0.5, 0.6) is 0 Å². The summed E-state index contributed by atoms with van der Waals surface area (Å²) in [6.07, 6.45) is 9.02. The highest BCUT2D eigenvalue weighted by atomic mass is 15.2. The second-order valence-electron chi connectivity index (χ2n) is 9.90. The molecule has 1 aromatic carbocycles. The minimum atomic E-state index is 0.454. The molecule has 0 saturated heterocycles. The minimum Gasteiger partial charge on any atom is -0.255 e. The Morgan fingerprint density at radius 3 is 1.56 bits per heavy atom. The second-order valence-corrected chi connectivity index (χ2v) is 9.90. The molecule has 0 unspecified atom stereocenters. The molecular weight excluding hydrogens is 534 g/mol. The standard InChI is InChI=1S/C34H21N9/c1-2-8-25-21-43-26(17-22(25)7-1)18-31(42-43)34-40-32(23-11-13-29(37-19-23)27-9-3-5-15-35-27)39-33(41-34)24-12-14-30(38-20-24)28-10-4-6-16-36-28/h1-21H. The van der Waals surface area contributed by atoms with Gasteiger partial charge in [-0.1, -0.05) is 36.4 Å². The Kier molecular flexibility index (Phi) is 5.89. The molecule has 9 nitrogen and oxygen atoms in total. The lowest BCUT2D eigenvalue weighted by Crippen LogP contribution is -2.01. The fourth-order valence-electron chi connectivity index (χ4n) is 4.91. The summed E-state index contributed by atoms with van der Waals surface area (Å²) in [4.78, 5) is 32.6. The molecule has 0 aliphatic heterocycles. The van der Waals surface area contributed by atoms with Gasteiger partial charge in [0.05, 0.1) is 28.3 Å². The summed E-state index contributed by atoms with van der Waals surface area (Å²) in [7, 11) is 0. The highest BCUT2D eigenvalue weighted by Gasteiger charge is 2.16. The van der Waals surface area contributed by atoms with E-state index in [0.29, 0.717) is 23.2 Å². The zero-order chi connectivity index (χ0) is 28.6. The molecule has 8 rings (SSSR count). The van der Waals surface area contributed by atoms with E-state index in [1.54, 1.807) is 24.8 Å². The van der Waals surface area contributed by atoms with E-state index in [-0.39, 0.29) is 0 Å². The van der Waals surface area contributed by atoms with Gasteiger partial charge in [0.1, 0.15) is 5.69 Å². The van der Waals surface area contributed by atoms with Crippen molar-refractivity contribution in [3.8, 4) is 57.1 Å². The third-order valence-corrected chi connectivity index (χ3v) is 7.09. The zero-order valence-electron chi connectivity index (χ0n) is 22.6. The van der Waals surface area contributed by atoms with E-state index in [0.717, 1.165) is 50.2 Å². The maximum atomic E-state index is 4.85. The van der Waals surface area contributed by atoms with Crippen molar-refractivity contribution in [3.05, 3.63) is 128 Å². The number of fused-ring (bicyclic) bond motifs is 2. The number of hydrogen-bond acceptors (Lipinski definition) is 8. The summed E-state index contributed by atoms with van der Waals surface area (Å²) in [5.41, 5.74) is 6.19. The smallest absolute Gasteiger partial charge is 0.184 e. The van der Waals surface area contributed by atoms with Gasteiger partial charge in [-0.05, 0) is 66.0 Å². The van der Waals surface area contributed by atoms with E-state index in [1.165, 1.54) is 0 Å². The van der Waals surface area contributed by atoms with Crippen LogP contribution in [0.1, 0.15) is 0 Å². The van der Waals surface area contributed by atoms with Crippen LogP contribution >= 0.6 is 0 Å². The normalized spacial score (nSPS) is 11.3. The van der Waals surface area contributed by atoms with Gasteiger partial charge in [0.2, 0.25) is 0 Å². The third-order valence-electron chi connectivity index (χ3n) is 7.09. The van der Waals surface area contributed by atoms with E-state index in [4.69, 9.17) is 20.1 Å². The lowest BCUT2D eigenvalue weighted by Gasteiger charge is -2.08. The molecule has 9 heteroatoms. The number of pyridine rings is 5. The molecule has 0 amide bonds. The van der Waals surface area contributed by atoms with Crippen molar-refractivity contribution in [1.82, 2.24) is 44.5 Å². The molecular formula is C34H21N9. The first-order valence-electron chi connectivity index (χ1n) is 13.7. The van der Waals surface area contributed by atoms with Gasteiger partial charge < -0.3 is 0 Å². The largest absolute Gasteiger partial charge is 0.255 e. The van der Waals surface area contributed by atoms with Gasteiger partial charge in [-0.2, -0.15) is 5.10 Å². The molecule has 0 spiro atoms. The average Bonchev–Trinajstić information content (AvgIpc) is 3.51. The molecule has 0 radical (unpaired) electrons. The molecule has 0 N–H and O–H groups in total. The molecule has 8 aromatic rings. The van der Waals surface area contributed by atoms with Gasteiger partial charge in [-0.3, -0.25) is 19.9 Å². The molecule has 0 aliphatic rings. The van der Waals surface area contributed by atoms with Gasteiger partial charge in [0.15, 0.2) is 17.5 Å². The number of nitrogens with zero attached hydrogens (tertiary/aromatic N) is 9. The molecule has 0 aliphatic carbocycles. The number of hydrogen-bond donors (Lipinski definition) is 0. The van der Waals surface area contributed by atoms with Crippen LogP contribution in [0.2, 0.25) is 0 Å². The Morgan fingerprint density at radius 1 is 0.442 bits per heavy atom. The minimum absolute atomic E-state index is 0.454. The van der Waals surface area contributed by atoms with Gasteiger partial charge in [0, 0.05) is 47.5 Å². The zero-order valence-corrected chi connectivity index (χ0v) is 22.6. The molecule has 0 bridgehead atoms. The molecule has 7 aromatic heterocycles. The lowest BCUT2D eigenvalue weighted by molar-refractivity contribution is 0.957.